The van der Waals surface area contributed by atoms with Crippen molar-refractivity contribution < 1.29 is 22.5 Å². The summed E-state index contributed by atoms with van der Waals surface area (Å²) in [5.74, 6) is -0.173. The molecule has 0 N–H and O–H groups in total. The number of esters is 1. The molecule has 0 bridgehead atoms. The van der Waals surface area contributed by atoms with Gasteiger partial charge in [0, 0.05) is 13.0 Å². The summed E-state index contributed by atoms with van der Waals surface area (Å²) in [6, 6.07) is 2.26. The molecule has 0 aliphatic rings. The van der Waals surface area contributed by atoms with Gasteiger partial charge < -0.3 is 17.7 Å². The molecule has 0 aliphatic heterocycles. The fourth-order valence-electron chi connectivity index (χ4n) is 3.07. The van der Waals surface area contributed by atoms with Crippen LogP contribution in [0.4, 0.5) is 0 Å². The van der Waals surface area contributed by atoms with Crippen molar-refractivity contribution >= 4 is 31.2 Å². The Morgan fingerprint density at radius 2 is 1.31 bits per heavy atom. The average Bonchev–Trinajstić information content (AvgIpc) is 2.49. The van der Waals surface area contributed by atoms with E-state index in [1.807, 2.05) is 0 Å². The standard InChI is InChI=1S/C18H42O5Si3/c1-9-11-16-24(3,4)22-26(7,8)23-25(5,6)17-12-13-20-14-15-21-18(19)10-2/h9-17H2,1-8H3. The maximum Gasteiger partial charge on any atom is 0.311 e. The van der Waals surface area contributed by atoms with Crippen molar-refractivity contribution in [2.75, 3.05) is 19.8 Å². The molecule has 8 heteroatoms. The van der Waals surface area contributed by atoms with Crippen LogP contribution < -0.4 is 0 Å². The first-order valence-electron chi connectivity index (χ1n) is 10.1. The van der Waals surface area contributed by atoms with E-state index in [1.165, 1.54) is 18.9 Å². The second kappa shape index (κ2) is 12.5. The molecule has 0 saturated carbocycles. The molecule has 0 heterocycles. The van der Waals surface area contributed by atoms with E-state index in [1.54, 1.807) is 6.92 Å². The first-order valence-corrected chi connectivity index (χ1v) is 19.1. The molecule has 0 aromatic heterocycles. The van der Waals surface area contributed by atoms with Crippen molar-refractivity contribution in [3.05, 3.63) is 0 Å². The molecule has 26 heavy (non-hydrogen) atoms. The van der Waals surface area contributed by atoms with Crippen LogP contribution in [0.3, 0.4) is 0 Å². The summed E-state index contributed by atoms with van der Waals surface area (Å²) in [5.41, 5.74) is 0. The fraction of sp³-hybridized carbons (Fsp3) is 0.944. The molecule has 0 spiro atoms. The van der Waals surface area contributed by atoms with Crippen molar-refractivity contribution in [2.24, 2.45) is 0 Å². The van der Waals surface area contributed by atoms with E-state index in [0.29, 0.717) is 26.2 Å². The summed E-state index contributed by atoms with van der Waals surface area (Å²) >= 11 is 0. The number of carbonyl (C=O) groups excluding carboxylic acids is 1. The van der Waals surface area contributed by atoms with E-state index in [-0.39, 0.29) is 5.97 Å². The monoisotopic (exact) mass is 422 g/mol. The minimum Gasteiger partial charge on any atom is -0.463 e. The largest absolute Gasteiger partial charge is 0.463 e. The predicted octanol–water partition coefficient (Wildman–Crippen LogP) is 5.29. The highest BCUT2D eigenvalue weighted by Crippen LogP contribution is 2.26. The lowest BCUT2D eigenvalue weighted by atomic mass is 10.4. The normalized spacial score (nSPS) is 13.1. The number of carbonyl (C=O) groups is 1. The van der Waals surface area contributed by atoms with Crippen LogP contribution in [0.1, 0.15) is 39.5 Å². The lowest BCUT2D eigenvalue weighted by molar-refractivity contribution is -0.144. The summed E-state index contributed by atoms with van der Waals surface area (Å²) in [7, 11) is -5.50. The Labute approximate surface area is 164 Å². The summed E-state index contributed by atoms with van der Waals surface area (Å²) in [4.78, 5) is 11.0. The molecular formula is C18H42O5Si3. The number of ether oxygens (including phenoxy) is 2. The Morgan fingerprint density at radius 3 is 1.81 bits per heavy atom. The van der Waals surface area contributed by atoms with Gasteiger partial charge in [0.25, 0.3) is 0 Å². The third-order valence-electron chi connectivity index (χ3n) is 4.02. The lowest BCUT2D eigenvalue weighted by Gasteiger charge is -2.38. The highest BCUT2D eigenvalue weighted by molar-refractivity contribution is 6.87. The van der Waals surface area contributed by atoms with Gasteiger partial charge in [-0.1, -0.05) is 26.7 Å². The molecule has 0 aliphatic carbocycles. The van der Waals surface area contributed by atoms with Crippen LogP contribution in [0.25, 0.3) is 0 Å². The van der Waals surface area contributed by atoms with Crippen molar-refractivity contribution in [1.29, 1.82) is 0 Å². The van der Waals surface area contributed by atoms with Gasteiger partial charge in [0.15, 0.2) is 16.6 Å². The summed E-state index contributed by atoms with van der Waals surface area (Å²) in [6.45, 7) is 19.1. The zero-order valence-electron chi connectivity index (χ0n) is 18.4. The lowest BCUT2D eigenvalue weighted by Crippen LogP contribution is -2.52. The summed E-state index contributed by atoms with van der Waals surface area (Å²) in [6.07, 6.45) is 3.86. The molecule has 0 rings (SSSR count). The first kappa shape index (κ1) is 26.0. The molecule has 0 fully saturated rings. The molecule has 0 unspecified atom stereocenters. The summed E-state index contributed by atoms with van der Waals surface area (Å²) < 4.78 is 23.7. The van der Waals surface area contributed by atoms with Gasteiger partial charge in [-0.2, -0.15) is 0 Å². The van der Waals surface area contributed by atoms with Crippen molar-refractivity contribution in [1.82, 2.24) is 0 Å². The quantitative estimate of drug-likeness (QED) is 0.204. The van der Waals surface area contributed by atoms with E-state index in [2.05, 4.69) is 46.2 Å². The molecule has 0 atom stereocenters. The number of unbranched alkanes of at least 4 members (excludes halogenated alkanes) is 1. The van der Waals surface area contributed by atoms with E-state index in [4.69, 9.17) is 17.7 Å². The van der Waals surface area contributed by atoms with Gasteiger partial charge in [0.05, 0.1) is 6.61 Å². The first-order chi connectivity index (χ1) is 11.9. The predicted molar refractivity (Wildman–Crippen MR) is 116 cm³/mol. The Balaban J connectivity index is 4.12. The summed E-state index contributed by atoms with van der Waals surface area (Å²) in [5, 5.41) is 0. The van der Waals surface area contributed by atoms with Crippen LogP contribution in [0.15, 0.2) is 0 Å². The number of rotatable bonds is 15. The number of hydrogen-bond acceptors (Lipinski definition) is 5. The van der Waals surface area contributed by atoms with Crippen LogP contribution >= 0.6 is 0 Å². The minimum absolute atomic E-state index is 0.173. The molecule has 0 aromatic carbocycles. The second-order valence-corrected chi connectivity index (χ2v) is 21.0. The maximum absolute atomic E-state index is 11.0. The number of hydrogen-bond donors (Lipinski definition) is 0. The Bertz CT molecular complexity index is 400. The third-order valence-corrected chi connectivity index (χ3v) is 15.5. The van der Waals surface area contributed by atoms with Gasteiger partial charge in [-0.3, -0.25) is 4.79 Å². The van der Waals surface area contributed by atoms with Gasteiger partial charge in [-0.25, -0.2) is 0 Å². The fourth-order valence-corrected chi connectivity index (χ4v) is 17.3. The zero-order valence-corrected chi connectivity index (χ0v) is 21.4. The smallest absolute Gasteiger partial charge is 0.311 e. The third kappa shape index (κ3) is 14.1. The van der Waals surface area contributed by atoms with E-state index >= 15 is 0 Å². The molecule has 0 amide bonds. The van der Waals surface area contributed by atoms with Crippen molar-refractivity contribution in [3.63, 3.8) is 0 Å². The van der Waals surface area contributed by atoms with Crippen molar-refractivity contribution in [3.8, 4) is 0 Å². The Kier molecular flexibility index (Phi) is 12.5. The van der Waals surface area contributed by atoms with Crippen LogP contribution in [0, 0.1) is 0 Å². The van der Waals surface area contributed by atoms with E-state index < -0.39 is 25.2 Å². The molecular weight excluding hydrogens is 380 g/mol. The zero-order chi connectivity index (χ0) is 20.3. The van der Waals surface area contributed by atoms with Crippen molar-refractivity contribution in [2.45, 2.75) is 90.9 Å². The van der Waals surface area contributed by atoms with E-state index in [9.17, 15) is 4.79 Å². The molecule has 0 aromatic rings. The van der Waals surface area contributed by atoms with Gasteiger partial charge in [-0.05, 0) is 57.8 Å². The van der Waals surface area contributed by atoms with Gasteiger partial charge >= 0.3 is 14.5 Å². The highest BCUT2D eigenvalue weighted by Gasteiger charge is 2.39. The van der Waals surface area contributed by atoms with Gasteiger partial charge in [0.1, 0.15) is 6.61 Å². The molecule has 156 valence electrons. The van der Waals surface area contributed by atoms with Gasteiger partial charge in [0.2, 0.25) is 0 Å². The molecule has 5 nitrogen and oxygen atoms in total. The van der Waals surface area contributed by atoms with E-state index in [0.717, 1.165) is 12.5 Å². The van der Waals surface area contributed by atoms with Crippen LogP contribution in [-0.2, 0) is 22.5 Å². The maximum atomic E-state index is 11.0. The second-order valence-electron chi connectivity index (χ2n) is 8.52. The SMILES string of the molecule is CCCC[Si](C)(C)O[Si](C)(C)O[Si](C)(C)CCCOCCOC(=O)CC. The Morgan fingerprint density at radius 1 is 0.769 bits per heavy atom. The average molecular weight is 423 g/mol. The minimum atomic E-state index is -2.10. The highest BCUT2D eigenvalue weighted by atomic mass is 28.5. The van der Waals surface area contributed by atoms with Crippen LogP contribution in [0.5, 0.6) is 0 Å². The molecule has 0 radical (unpaired) electrons. The Hall–Kier alpha value is 0.000649. The van der Waals surface area contributed by atoms with Crippen LogP contribution in [-0.4, -0.2) is 51.0 Å². The van der Waals surface area contributed by atoms with Crippen LogP contribution in [0.2, 0.25) is 51.4 Å². The topological polar surface area (TPSA) is 54.0 Å². The molecule has 0 saturated heterocycles. The van der Waals surface area contributed by atoms with Gasteiger partial charge in [-0.15, -0.1) is 0 Å².